The lowest BCUT2D eigenvalue weighted by molar-refractivity contribution is 0.606. The van der Waals surface area contributed by atoms with Gasteiger partial charge in [0.05, 0.1) is 11.9 Å². The summed E-state index contributed by atoms with van der Waals surface area (Å²) in [6.45, 7) is 0. The van der Waals surface area contributed by atoms with E-state index in [1.165, 1.54) is 0 Å². The van der Waals surface area contributed by atoms with Gasteiger partial charge in [0, 0.05) is 23.3 Å². The van der Waals surface area contributed by atoms with Gasteiger partial charge >= 0.3 is 0 Å². The van der Waals surface area contributed by atoms with E-state index in [0.717, 1.165) is 28.3 Å². The summed E-state index contributed by atoms with van der Waals surface area (Å²) in [4.78, 5) is 8.43. The molecule has 5 nitrogen and oxygen atoms in total. The summed E-state index contributed by atoms with van der Waals surface area (Å²) in [6, 6.07) is 13.1. The Morgan fingerprint density at radius 2 is 1.76 bits per heavy atom. The molecule has 21 heavy (non-hydrogen) atoms. The minimum atomic E-state index is -3.37. The van der Waals surface area contributed by atoms with Crippen LogP contribution < -0.4 is 4.72 Å². The molecule has 2 heterocycles. The topological polar surface area (TPSA) is 72.0 Å². The molecule has 0 radical (unpaired) electrons. The number of nitrogens with one attached hydrogen (secondary N) is 1. The Kier molecular flexibility index (Phi) is 3.31. The van der Waals surface area contributed by atoms with E-state index in [-0.39, 0.29) is 0 Å². The number of sulfonamides is 1. The Morgan fingerprint density at radius 3 is 2.48 bits per heavy atom. The van der Waals surface area contributed by atoms with Crippen molar-refractivity contribution < 1.29 is 8.42 Å². The maximum Gasteiger partial charge on any atom is 0.230 e. The van der Waals surface area contributed by atoms with Gasteiger partial charge in [0.1, 0.15) is 5.82 Å². The molecule has 0 amide bonds. The summed E-state index contributed by atoms with van der Waals surface area (Å²) in [5, 5.41) is 1.88. The molecule has 0 unspecified atom stereocenters. The molecule has 0 aliphatic rings. The SMILES string of the molecule is CS(=O)(=O)Nc1cc2ccccc2c(-c2ccncc2)n1. The minimum absolute atomic E-state index is 0.308. The van der Waals surface area contributed by atoms with Crippen LogP contribution in [-0.4, -0.2) is 24.6 Å². The molecule has 2 aromatic heterocycles. The maximum absolute atomic E-state index is 11.4. The van der Waals surface area contributed by atoms with Gasteiger partial charge in [-0.25, -0.2) is 13.4 Å². The third kappa shape index (κ3) is 3.00. The lowest BCUT2D eigenvalue weighted by atomic mass is 10.0. The van der Waals surface area contributed by atoms with Crippen molar-refractivity contribution in [2.75, 3.05) is 11.0 Å². The van der Waals surface area contributed by atoms with Crippen LogP contribution in [0.2, 0.25) is 0 Å². The summed E-state index contributed by atoms with van der Waals surface area (Å²) in [6.07, 6.45) is 4.47. The van der Waals surface area contributed by atoms with Crippen LogP contribution in [0.4, 0.5) is 5.82 Å². The highest BCUT2D eigenvalue weighted by Crippen LogP contribution is 2.28. The van der Waals surface area contributed by atoms with Crippen LogP contribution in [0.25, 0.3) is 22.0 Å². The number of fused-ring (bicyclic) bond motifs is 1. The smallest absolute Gasteiger partial charge is 0.230 e. The van der Waals surface area contributed by atoms with E-state index in [1.807, 2.05) is 36.4 Å². The lowest BCUT2D eigenvalue weighted by Crippen LogP contribution is -2.11. The molecule has 0 fully saturated rings. The Labute approximate surface area is 122 Å². The molecule has 0 bridgehead atoms. The predicted octanol–water partition coefficient (Wildman–Crippen LogP) is 2.67. The van der Waals surface area contributed by atoms with Crippen molar-refractivity contribution >= 4 is 26.6 Å². The summed E-state index contributed by atoms with van der Waals surface area (Å²) in [5.74, 6) is 0.308. The number of pyridine rings is 2. The first-order valence-corrected chi connectivity index (χ1v) is 8.20. The van der Waals surface area contributed by atoms with E-state index in [4.69, 9.17) is 0 Å². The molecule has 0 saturated carbocycles. The highest BCUT2D eigenvalue weighted by molar-refractivity contribution is 7.92. The number of anilines is 1. The quantitative estimate of drug-likeness (QED) is 0.807. The molecule has 0 spiro atoms. The fraction of sp³-hybridized carbons (Fsp3) is 0.0667. The zero-order valence-electron chi connectivity index (χ0n) is 11.3. The molecule has 0 aliphatic heterocycles. The van der Waals surface area contributed by atoms with E-state index in [2.05, 4.69) is 14.7 Å². The van der Waals surface area contributed by atoms with Crippen molar-refractivity contribution in [3.63, 3.8) is 0 Å². The van der Waals surface area contributed by atoms with Gasteiger partial charge < -0.3 is 0 Å². The molecule has 6 heteroatoms. The monoisotopic (exact) mass is 299 g/mol. The zero-order chi connectivity index (χ0) is 14.9. The van der Waals surface area contributed by atoms with Crippen molar-refractivity contribution in [2.24, 2.45) is 0 Å². The van der Waals surface area contributed by atoms with Gasteiger partial charge in [0.2, 0.25) is 10.0 Å². The third-order valence-electron chi connectivity index (χ3n) is 2.98. The van der Waals surface area contributed by atoms with E-state index >= 15 is 0 Å². The summed E-state index contributed by atoms with van der Waals surface area (Å²) in [5.41, 5.74) is 1.61. The van der Waals surface area contributed by atoms with Crippen LogP contribution in [0.1, 0.15) is 0 Å². The van der Waals surface area contributed by atoms with Gasteiger partial charge in [-0.1, -0.05) is 24.3 Å². The van der Waals surface area contributed by atoms with E-state index < -0.39 is 10.0 Å². The fourth-order valence-electron chi connectivity index (χ4n) is 2.17. The number of benzene rings is 1. The van der Waals surface area contributed by atoms with Crippen LogP contribution in [0.3, 0.4) is 0 Å². The van der Waals surface area contributed by atoms with Gasteiger partial charge in [-0.2, -0.15) is 0 Å². The largest absolute Gasteiger partial charge is 0.268 e. The standard InChI is InChI=1S/C15H13N3O2S/c1-21(19,20)18-14-10-12-4-2-3-5-13(12)15(17-14)11-6-8-16-9-7-11/h2-10H,1H3,(H,17,18). The summed E-state index contributed by atoms with van der Waals surface area (Å²) >= 11 is 0. The summed E-state index contributed by atoms with van der Waals surface area (Å²) < 4.78 is 25.3. The molecular formula is C15H13N3O2S. The first-order chi connectivity index (χ1) is 10.0. The molecule has 0 saturated heterocycles. The van der Waals surface area contributed by atoms with Crippen molar-refractivity contribution in [3.8, 4) is 11.3 Å². The van der Waals surface area contributed by atoms with E-state index in [0.29, 0.717) is 5.82 Å². The Morgan fingerprint density at radius 1 is 1.05 bits per heavy atom. The normalized spacial score (nSPS) is 11.5. The number of hydrogen-bond donors (Lipinski definition) is 1. The van der Waals surface area contributed by atoms with Crippen molar-refractivity contribution in [3.05, 3.63) is 54.9 Å². The fourth-order valence-corrected chi connectivity index (χ4v) is 2.66. The van der Waals surface area contributed by atoms with Gasteiger partial charge in [-0.05, 0) is 23.6 Å². The first-order valence-electron chi connectivity index (χ1n) is 6.31. The molecule has 0 aliphatic carbocycles. The highest BCUT2D eigenvalue weighted by atomic mass is 32.2. The Balaban J connectivity index is 2.26. The zero-order valence-corrected chi connectivity index (χ0v) is 12.1. The second kappa shape index (κ2) is 5.14. The second-order valence-electron chi connectivity index (χ2n) is 4.69. The van der Waals surface area contributed by atoms with Crippen LogP contribution in [0.15, 0.2) is 54.9 Å². The number of nitrogens with zero attached hydrogens (tertiary/aromatic N) is 2. The summed E-state index contributed by atoms with van der Waals surface area (Å²) in [7, 11) is -3.37. The van der Waals surface area contributed by atoms with Gasteiger partial charge in [0.25, 0.3) is 0 Å². The van der Waals surface area contributed by atoms with Crippen LogP contribution in [-0.2, 0) is 10.0 Å². The van der Waals surface area contributed by atoms with Gasteiger partial charge in [-0.15, -0.1) is 0 Å². The number of aromatic nitrogens is 2. The molecule has 1 aromatic carbocycles. The van der Waals surface area contributed by atoms with Crippen molar-refractivity contribution in [1.29, 1.82) is 0 Å². The van der Waals surface area contributed by atoms with Gasteiger partial charge in [0.15, 0.2) is 0 Å². The lowest BCUT2D eigenvalue weighted by Gasteiger charge is -2.10. The van der Waals surface area contributed by atoms with Crippen LogP contribution in [0.5, 0.6) is 0 Å². The number of rotatable bonds is 3. The molecular weight excluding hydrogens is 286 g/mol. The van der Waals surface area contributed by atoms with Crippen LogP contribution >= 0.6 is 0 Å². The third-order valence-corrected chi connectivity index (χ3v) is 3.56. The molecule has 1 N–H and O–H groups in total. The molecule has 106 valence electrons. The van der Waals surface area contributed by atoms with E-state index in [1.54, 1.807) is 18.5 Å². The first kappa shape index (κ1) is 13.5. The Bertz CT molecular complexity index is 893. The van der Waals surface area contributed by atoms with Crippen molar-refractivity contribution in [1.82, 2.24) is 9.97 Å². The minimum Gasteiger partial charge on any atom is -0.268 e. The molecule has 3 rings (SSSR count). The predicted molar refractivity (Wildman–Crippen MR) is 83.4 cm³/mol. The number of hydrogen-bond acceptors (Lipinski definition) is 4. The second-order valence-corrected chi connectivity index (χ2v) is 6.44. The van der Waals surface area contributed by atoms with Crippen molar-refractivity contribution in [2.45, 2.75) is 0 Å². The Hall–Kier alpha value is -2.47. The highest BCUT2D eigenvalue weighted by Gasteiger charge is 2.10. The van der Waals surface area contributed by atoms with E-state index in [9.17, 15) is 8.42 Å². The average molecular weight is 299 g/mol. The molecule has 0 atom stereocenters. The maximum atomic E-state index is 11.4. The average Bonchev–Trinajstić information content (AvgIpc) is 2.45. The molecule has 3 aromatic rings. The van der Waals surface area contributed by atoms with Crippen LogP contribution in [0, 0.1) is 0 Å². The van der Waals surface area contributed by atoms with Gasteiger partial charge in [-0.3, -0.25) is 9.71 Å².